The fourth-order valence-corrected chi connectivity index (χ4v) is 4.58. The Bertz CT molecular complexity index is 1030. The van der Waals surface area contributed by atoms with Crippen molar-refractivity contribution >= 4 is 12.2 Å². The number of hydrogen-bond donors (Lipinski definition) is 0. The number of fused-ring (bicyclic) bond motifs is 1. The molecule has 0 bridgehead atoms. The van der Waals surface area contributed by atoms with Gasteiger partial charge in [0, 0.05) is 44.8 Å². The van der Waals surface area contributed by atoms with Gasteiger partial charge in [0.25, 0.3) is 5.91 Å². The van der Waals surface area contributed by atoms with Crippen LogP contribution < -0.4 is 4.74 Å². The van der Waals surface area contributed by atoms with Gasteiger partial charge in [0.1, 0.15) is 12.0 Å². The number of carbonyl (C=O) groups is 2. The molecule has 1 unspecified atom stereocenters. The second-order valence-corrected chi connectivity index (χ2v) is 8.64. The van der Waals surface area contributed by atoms with Crippen molar-refractivity contribution in [3.05, 3.63) is 64.2 Å². The highest BCUT2D eigenvalue weighted by molar-refractivity contribution is 5.95. The largest absolute Gasteiger partial charge is 0.573 e. The van der Waals surface area contributed by atoms with E-state index >= 15 is 0 Å². The summed E-state index contributed by atoms with van der Waals surface area (Å²) in [5, 5.41) is 0. The van der Waals surface area contributed by atoms with E-state index in [1.54, 1.807) is 12.1 Å². The zero-order chi connectivity index (χ0) is 23.8. The molecule has 1 amide bonds. The summed E-state index contributed by atoms with van der Waals surface area (Å²) in [7, 11) is 2.03. The first-order chi connectivity index (χ1) is 15.6. The second-order valence-electron chi connectivity index (χ2n) is 8.64. The SMILES string of the molecule is Cc1cc(C(=O)N2CCN(C)CC2)cc2c1C(C=O)N(Cc1ccc(OC(F)(F)F)cc1)C2. The topological polar surface area (TPSA) is 53.1 Å². The van der Waals surface area contributed by atoms with Crippen LogP contribution in [0.1, 0.15) is 38.7 Å². The number of likely N-dealkylation sites (N-methyl/N-ethyl adjacent to an activating group) is 1. The minimum atomic E-state index is -4.74. The van der Waals surface area contributed by atoms with Gasteiger partial charge in [-0.2, -0.15) is 0 Å². The number of hydrogen-bond acceptors (Lipinski definition) is 5. The monoisotopic (exact) mass is 461 g/mol. The summed E-state index contributed by atoms with van der Waals surface area (Å²) < 4.78 is 41.1. The molecular weight excluding hydrogens is 435 g/mol. The molecule has 176 valence electrons. The molecule has 2 heterocycles. The Morgan fingerprint density at radius 1 is 1.12 bits per heavy atom. The lowest BCUT2D eigenvalue weighted by Gasteiger charge is -2.32. The summed E-state index contributed by atoms with van der Waals surface area (Å²) in [6.07, 6.45) is -3.86. The molecule has 33 heavy (non-hydrogen) atoms. The van der Waals surface area contributed by atoms with E-state index < -0.39 is 12.4 Å². The molecular formula is C24H26F3N3O3. The number of piperazine rings is 1. The molecule has 2 aromatic carbocycles. The highest BCUT2D eigenvalue weighted by Crippen LogP contribution is 2.37. The summed E-state index contributed by atoms with van der Waals surface area (Å²) in [5.41, 5.74) is 4.10. The van der Waals surface area contributed by atoms with E-state index in [0.29, 0.717) is 31.7 Å². The summed E-state index contributed by atoms with van der Waals surface area (Å²) in [4.78, 5) is 31.0. The number of amides is 1. The smallest absolute Gasteiger partial charge is 0.406 e. The normalized spacial score (nSPS) is 19.4. The fraction of sp³-hybridized carbons (Fsp3) is 0.417. The lowest BCUT2D eigenvalue weighted by molar-refractivity contribution is -0.274. The van der Waals surface area contributed by atoms with Crippen LogP contribution in [-0.2, 0) is 17.9 Å². The van der Waals surface area contributed by atoms with Gasteiger partial charge in [0.15, 0.2) is 0 Å². The number of rotatable bonds is 5. The van der Waals surface area contributed by atoms with E-state index in [1.807, 2.05) is 35.9 Å². The molecule has 4 rings (SSSR count). The Hall–Kier alpha value is -2.91. The summed E-state index contributed by atoms with van der Waals surface area (Å²) >= 11 is 0. The third-order valence-electron chi connectivity index (χ3n) is 6.24. The molecule has 2 aliphatic rings. The van der Waals surface area contributed by atoms with E-state index in [-0.39, 0.29) is 11.7 Å². The maximum Gasteiger partial charge on any atom is 0.573 e. The number of aryl methyl sites for hydroxylation is 1. The van der Waals surface area contributed by atoms with E-state index in [0.717, 1.165) is 41.6 Å². The molecule has 9 heteroatoms. The molecule has 1 atom stereocenters. The summed E-state index contributed by atoms with van der Waals surface area (Å²) in [6, 6.07) is 8.89. The van der Waals surface area contributed by atoms with Gasteiger partial charge in [-0.25, -0.2) is 0 Å². The number of halogens is 3. The molecule has 0 saturated carbocycles. The number of benzene rings is 2. The number of alkyl halides is 3. The molecule has 0 N–H and O–H groups in total. The molecule has 2 aliphatic heterocycles. The van der Waals surface area contributed by atoms with Gasteiger partial charge in [-0.3, -0.25) is 9.69 Å². The van der Waals surface area contributed by atoms with Crippen LogP contribution in [0.4, 0.5) is 13.2 Å². The second kappa shape index (κ2) is 9.15. The van der Waals surface area contributed by atoms with E-state index in [2.05, 4.69) is 9.64 Å². The van der Waals surface area contributed by atoms with E-state index in [9.17, 15) is 22.8 Å². The number of ether oxygens (including phenoxy) is 1. The van der Waals surface area contributed by atoms with Crippen molar-refractivity contribution in [3.8, 4) is 5.75 Å². The predicted molar refractivity (Wildman–Crippen MR) is 116 cm³/mol. The fourth-order valence-electron chi connectivity index (χ4n) is 4.58. The van der Waals surface area contributed by atoms with E-state index in [1.165, 1.54) is 12.1 Å². The number of aldehydes is 1. The van der Waals surface area contributed by atoms with Crippen molar-refractivity contribution in [2.24, 2.45) is 0 Å². The highest BCUT2D eigenvalue weighted by atomic mass is 19.4. The van der Waals surface area contributed by atoms with Crippen molar-refractivity contribution in [3.63, 3.8) is 0 Å². The minimum Gasteiger partial charge on any atom is -0.406 e. The van der Waals surface area contributed by atoms with Crippen LogP contribution in [0.2, 0.25) is 0 Å². The molecule has 1 saturated heterocycles. The quantitative estimate of drug-likeness (QED) is 0.638. The first-order valence-corrected chi connectivity index (χ1v) is 10.8. The number of carbonyl (C=O) groups excluding carboxylic acids is 2. The molecule has 6 nitrogen and oxygen atoms in total. The van der Waals surface area contributed by atoms with Crippen LogP contribution in [0.25, 0.3) is 0 Å². The lowest BCUT2D eigenvalue weighted by atomic mass is 9.96. The van der Waals surface area contributed by atoms with Crippen LogP contribution >= 0.6 is 0 Å². The average Bonchev–Trinajstić information content (AvgIpc) is 3.11. The van der Waals surface area contributed by atoms with Crippen LogP contribution in [0.15, 0.2) is 36.4 Å². The Labute approximate surface area is 190 Å². The van der Waals surface area contributed by atoms with E-state index in [4.69, 9.17) is 0 Å². The van der Waals surface area contributed by atoms with Crippen molar-refractivity contribution in [1.82, 2.24) is 14.7 Å². The molecule has 0 aromatic heterocycles. The van der Waals surface area contributed by atoms with Crippen molar-refractivity contribution in [1.29, 1.82) is 0 Å². The molecule has 0 spiro atoms. The minimum absolute atomic E-state index is 0.00430. The summed E-state index contributed by atoms with van der Waals surface area (Å²) in [6.45, 7) is 5.80. The van der Waals surface area contributed by atoms with Gasteiger partial charge in [0.05, 0.1) is 6.04 Å². The van der Waals surface area contributed by atoms with Gasteiger partial charge in [-0.15, -0.1) is 13.2 Å². The first kappa shape index (κ1) is 23.3. The van der Waals surface area contributed by atoms with Crippen molar-refractivity contribution in [2.45, 2.75) is 32.4 Å². The Balaban J connectivity index is 1.51. The van der Waals surface area contributed by atoms with Gasteiger partial charge in [-0.1, -0.05) is 12.1 Å². The van der Waals surface area contributed by atoms with Crippen molar-refractivity contribution < 1.29 is 27.5 Å². The predicted octanol–water partition coefficient (Wildman–Crippen LogP) is 3.54. The third kappa shape index (κ3) is 5.20. The Morgan fingerprint density at radius 3 is 2.39 bits per heavy atom. The maximum atomic E-state index is 13.0. The Kier molecular flexibility index (Phi) is 6.45. The van der Waals surface area contributed by atoms with Crippen LogP contribution in [-0.4, -0.2) is 66.5 Å². The van der Waals surface area contributed by atoms with Crippen LogP contribution in [0.3, 0.4) is 0 Å². The molecule has 2 aromatic rings. The maximum absolute atomic E-state index is 13.0. The zero-order valence-corrected chi connectivity index (χ0v) is 18.6. The lowest BCUT2D eigenvalue weighted by Crippen LogP contribution is -2.47. The van der Waals surface area contributed by atoms with Crippen LogP contribution in [0.5, 0.6) is 5.75 Å². The molecule has 0 radical (unpaired) electrons. The average molecular weight is 461 g/mol. The molecule has 1 fully saturated rings. The van der Waals surface area contributed by atoms with Gasteiger partial charge >= 0.3 is 6.36 Å². The zero-order valence-electron chi connectivity index (χ0n) is 18.6. The van der Waals surface area contributed by atoms with Gasteiger partial charge in [-0.05, 0) is 60.5 Å². The van der Waals surface area contributed by atoms with Gasteiger partial charge in [0.2, 0.25) is 0 Å². The first-order valence-electron chi connectivity index (χ1n) is 10.8. The third-order valence-corrected chi connectivity index (χ3v) is 6.24. The Morgan fingerprint density at radius 2 is 1.79 bits per heavy atom. The molecule has 0 aliphatic carbocycles. The van der Waals surface area contributed by atoms with Crippen molar-refractivity contribution in [2.75, 3.05) is 33.2 Å². The van der Waals surface area contributed by atoms with Crippen LogP contribution in [0, 0.1) is 6.92 Å². The van der Waals surface area contributed by atoms with Gasteiger partial charge < -0.3 is 19.3 Å². The summed E-state index contributed by atoms with van der Waals surface area (Å²) in [5.74, 6) is -0.291. The number of nitrogens with zero attached hydrogens (tertiary/aromatic N) is 3. The standard InChI is InChI=1S/C24H26F3N3O3/c1-16-11-18(23(32)29-9-7-28(2)8-10-29)12-19-14-30(21(15-31)22(16)19)13-17-3-5-20(6-4-17)33-24(25,26)27/h3-6,11-12,15,21H,7-10,13-14H2,1-2H3. The highest BCUT2D eigenvalue weighted by Gasteiger charge is 2.33.